The molecule has 2 aromatic carbocycles. The van der Waals surface area contributed by atoms with Crippen LogP contribution in [0.1, 0.15) is 18.9 Å². The van der Waals surface area contributed by atoms with Gasteiger partial charge in [0.15, 0.2) is 0 Å². The van der Waals surface area contributed by atoms with Crippen LogP contribution >= 0.6 is 43.5 Å². The maximum Gasteiger partial charge on any atom is 0.147 e. The average molecular weight is 519 g/mol. The van der Waals surface area contributed by atoms with Crippen LogP contribution in [0.3, 0.4) is 0 Å². The minimum absolute atomic E-state index is 0.693. The van der Waals surface area contributed by atoms with Crippen LogP contribution in [0.25, 0.3) is 0 Å². The van der Waals surface area contributed by atoms with Gasteiger partial charge in [-0.1, -0.05) is 18.5 Å². The third-order valence-electron chi connectivity index (χ3n) is 4.30. The highest BCUT2D eigenvalue weighted by Gasteiger charge is 2.14. The Hall–Kier alpha value is -0.950. The lowest BCUT2D eigenvalue weighted by Crippen LogP contribution is -2.36. The smallest absolute Gasteiger partial charge is 0.147 e. The van der Waals surface area contributed by atoms with E-state index in [0.29, 0.717) is 13.2 Å². The quantitative estimate of drug-likeness (QED) is 0.480. The van der Waals surface area contributed by atoms with Crippen molar-refractivity contribution in [1.82, 2.24) is 0 Å². The summed E-state index contributed by atoms with van der Waals surface area (Å²) >= 11 is 13.7. The third kappa shape index (κ3) is 5.53. The summed E-state index contributed by atoms with van der Waals surface area (Å²) in [5.41, 5.74) is 3.20. The zero-order valence-corrected chi connectivity index (χ0v) is 19.2. The average Bonchev–Trinajstić information content (AvgIpc) is 2.66. The largest absolute Gasteiger partial charge is 0.491 e. The van der Waals surface area contributed by atoms with Gasteiger partial charge in [0, 0.05) is 25.3 Å². The van der Waals surface area contributed by atoms with E-state index < -0.39 is 0 Å². The fraction of sp³-hybridized carbons (Fsp3) is 0.400. The first-order chi connectivity index (χ1) is 13.1. The molecular weight excluding hydrogens is 495 g/mol. The van der Waals surface area contributed by atoms with Gasteiger partial charge in [0.1, 0.15) is 5.75 Å². The standard InChI is InChI=1S/C20H23Br2ClN2O2/c1-2-7-27-20-16(21)10-14(11-17(20)22)13-24-15-3-4-19(18(23)12-15)25-5-8-26-9-6-25/h3-4,10-12,24H,2,5-9,13H2,1H3. The van der Waals surface area contributed by atoms with Crippen LogP contribution in [0.5, 0.6) is 5.75 Å². The van der Waals surface area contributed by atoms with Crippen LogP contribution < -0.4 is 15.0 Å². The number of halogens is 3. The molecule has 7 heteroatoms. The van der Waals surface area contributed by atoms with Crippen LogP contribution in [0.4, 0.5) is 11.4 Å². The Morgan fingerprint density at radius 2 is 1.85 bits per heavy atom. The molecule has 1 aliphatic rings. The van der Waals surface area contributed by atoms with Gasteiger partial charge in [-0.25, -0.2) is 0 Å². The molecule has 4 nitrogen and oxygen atoms in total. The Kier molecular flexibility index (Phi) is 7.70. The first-order valence-electron chi connectivity index (χ1n) is 9.05. The SMILES string of the molecule is CCCOc1c(Br)cc(CNc2ccc(N3CCOCC3)c(Cl)c2)cc1Br. The lowest BCUT2D eigenvalue weighted by molar-refractivity contribution is 0.122. The number of nitrogens with zero attached hydrogens (tertiary/aromatic N) is 1. The van der Waals surface area contributed by atoms with E-state index in [0.717, 1.165) is 69.4 Å². The molecule has 0 saturated carbocycles. The van der Waals surface area contributed by atoms with Crippen molar-refractivity contribution in [3.8, 4) is 5.75 Å². The molecule has 1 saturated heterocycles. The van der Waals surface area contributed by atoms with Crippen molar-refractivity contribution in [2.75, 3.05) is 43.1 Å². The second kappa shape index (κ2) is 10.0. The van der Waals surface area contributed by atoms with E-state index in [2.05, 4.69) is 73.3 Å². The molecule has 1 fully saturated rings. The maximum absolute atomic E-state index is 6.51. The molecule has 0 aliphatic carbocycles. The Morgan fingerprint density at radius 1 is 1.15 bits per heavy atom. The summed E-state index contributed by atoms with van der Waals surface area (Å²) in [6, 6.07) is 10.3. The van der Waals surface area contributed by atoms with Crippen molar-refractivity contribution in [2.24, 2.45) is 0 Å². The molecule has 1 N–H and O–H groups in total. The van der Waals surface area contributed by atoms with Gasteiger partial charge >= 0.3 is 0 Å². The number of hydrogen-bond donors (Lipinski definition) is 1. The molecule has 0 unspecified atom stereocenters. The Morgan fingerprint density at radius 3 is 2.48 bits per heavy atom. The van der Waals surface area contributed by atoms with Crippen LogP contribution in [-0.4, -0.2) is 32.9 Å². The minimum atomic E-state index is 0.693. The fourth-order valence-electron chi connectivity index (χ4n) is 2.94. The monoisotopic (exact) mass is 516 g/mol. The molecule has 3 rings (SSSR count). The van der Waals surface area contributed by atoms with E-state index in [9.17, 15) is 0 Å². The van der Waals surface area contributed by atoms with Crippen molar-refractivity contribution in [3.63, 3.8) is 0 Å². The molecule has 0 radical (unpaired) electrons. The van der Waals surface area contributed by atoms with E-state index in [4.69, 9.17) is 21.1 Å². The summed E-state index contributed by atoms with van der Waals surface area (Å²) < 4.78 is 13.1. The summed E-state index contributed by atoms with van der Waals surface area (Å²) in [5.74, 6) is 0.846. The van der Waals surface area contributed by atoms with Crippen molar-refractivity contribution in [2.45, 2.75) is 19.9 Å². The Bertz CT molecular complexity index is 760. The first kappa shape index (κ1) is 20.8. The van der Waals surface area contributed by atoms with Crippen molar-refractivity contribution in [3.05, 3.63) is 49.9 Å². The number of hydrogen-bond acceptors (Lipinski definition) is 4. The van der Waals surface area contributed by atoms with Crippen molar-refractivity contribution >= 4 is 54.8 Å². The van der Waals surface area contributed by atoms with Crippen molar-refractivity contribution < 1.29 is 9.47 Å². The van der Waals surface area contributed by atoms with E-state index in [-0.39, 0.29) is 0 Å². The van der Waals surface area contributed by atoms with Crippen LogP contribution in [0, 0.1) is 0 Å². The summed E-state index contributed by atoms with van der Waals surface area (Å²) in [6.07, 6.45) is 0.976. The van der Waals surface area contributed by atoms with Gasteiger partial charge in [-0.15, -0.1) is 0 Å². The number of ether oxygens (including phenoxy) is 2. The van der Waals surface area contributed by atoms with E-state index in [1.807, 2.05) is 6.07 Å². The Balaban J connectivity index is 1.65. The van der Waals surface area contributed by atoms with Gasteiger partial charge in [0.05, 0.1) is 39.5 Å². The zero-order chi connectivity index (χ0) is 19.2. The molecule has 0 atom stereocenters. The normalized spacial score (nSPS) is 14.3. The second-order valence-electron chi connectivity index (χ2n) is 6.36. The van der Waals surface area contributed by atoms with Crippen LogP contribution in [-0.2, 0) is 11.3 Å². The zero-order valence-electron chi connectivity index (χ0n) is 15.2. The molecule has 27 heavy (non-hydrogen) atoms. The Labute approximate surface area is 182 Å². The van der Waals surface area contributed by atoms with Gasteiger partial charge < -0.3 is 19.7 Å². The highest BCUT2D eigenvalue weighted by molar-refractivity contribution is 9.11. The molecular formula is C20H23Br2ClN2O2. The predicted molar refractivity (Wildman–Crippen MR) is 119 cm³/mol. The topological polar surface area (TPSA) is 33.7 Å². The predicted octanol–water partition coefficient (Wildman–Crippen LogP) is 6.10. The van der Waals surface area contributed by atoms with Gasteiger partial charge in [0.25, 0.3) is 0 Å². The number of nitrogens with one attached hydrogen (secondary N) is 1. The molecule has 0 amide bonds. The molecule has 1 heterocycles. The van der Waals surface area contributed by atoms with Gasteiger partial charge in [-0.2, -0.15) is 0 Å². The van der Waals surface area contributed by atoms with Crippen molar-refractivity contribution in [1.29, 1.82) is 0 Å². The number of benzene rings is 2. The maximum atomic E-state index is 6.51. The summed E-state index contributed by atoms with van der Waals surface area (Å²) in [6.45, 7) is 6.73. The minimum Gasteiger partial charge on any atom is -0.491 e. The molecule has 146 valence electrons. The van der Waals surface area contributed by atoms with Gasteiger partial charge in [0.2, 0.25) is 0 Å². The summed E-state index contributed by atoms with van der Waals surface area (Å²) in [7, 11) is 0. The molecule has 2 aromatic rings. The number of morpholine rings is 1. The summed E-state index contributed by atoms with van der Waals surface area (Å²) in [5, 5.41) is 4.20. The second-order valence-corrected chi connectivity index (χ2v) is 8.47. The van der Waals surface area contributed by atoms with E-state index in [1.54, 1.807) is 0 Å². The highest BCUT2D eigenvalue weighted by Crippen LogP contribution is 2.35. The first-order valence-corrected chi connectivity index (χ1v) is 11.0. The fourth-order valence-corrected chi connectivity index (χ4v) is 4.75. The molecule has 0 aromatic heterocycles. The number of rotatable bonds is 7. The lowest BCUT2D eigenvalue weighted by atomic mass is 10.2. The lowest BCUT2D eigenvalue weighted by Gasteiger charge is -2.29. The molecule has 0 spiro atoms. The third-order valence-corrected chi connectivity index (χ3v) is 5.79. The summed E-state index contributed by atoms with van der Waals surface area (Å²) in [4.78, 5) is 2.26. The van der Waals surface area contributed by atoms with E-state index >= 15 is 0 Å². The number of anilines is 2. The van der Waals surface area contributed by atoms with Crippen LogP contribution in [0.15, 0.2) is 39.3 Å². The van der Waals surface area contributed by atoms with Crippen LogP contribution in [0.2, 0.25) is 5.02 Å². The van der Waals surface area contributed by atoms with E-state index in [1.165, 1.54) is 0 Å². The molecule has 0 bridgehead atoms. The van der Waals surface area contributed by atoms with Gasteiger partial charge in [-0.3, -0.25) is 0 Å². The van der Waals surface area contributed by atoms with Gasteiger partial charge in [-0.05, 0) is 74.2 Å². The highest BCUT2D eigenvalue weighted by atomic mass is 79.9. The molecule has 1 aliphatic heterocycles.